The summed E-state index contributed by atoms with van der Waals surface area (Å²) in [7, 11) is 0. The number of nitrogens with zero attached hydrogens (tertiary/aromatic N) is 3. The molecule has 0 amide bonds. The maximum absolute atomic E-state index is 12.5. The number of rotatable bonds is 10. The second-order valence-electron chi connectivity index (χ2n) is 6.95. The number of benzene rings is 2. The van der Waals surface area contributed by atoms with Crippen molar-refractivity contribution in [2.45, 2.75) is 34.1 Å². The van der Waals surface area contributed by atoms with E-state index in [1.807, 2.05) is 6.92 Å². The highest BCUT2D eigenvalue weighted by Crippen LogP contribution is 2.27. The van der Waals surface area contributed by atoms with Gasteiger partial charge in [0.2, 0.25) is 5.69 Å². The predicted octanol–water partition coefficient (Wildman–Crippen LogP) is 4.86. The van der Waals surface area contributed by atoms with Gasteiger partial charge in [-0.15, -0.1) is 5.10 Å². The molecule has 0 radical (unpaired) electrons. The Bertz CT molecular complexity index is 1180. The van der Waals surface area contributed by atoms with E-state index in [4.69, 9.17) is 42.1 Å². The van der Waals surface area contributed by atoms with Crippen LogP contribution in [0.1, 0.15) is 46.0 Å². The van der Waals surface area contributed by atoms with E-state index in [9.17, 15) is 9.59 Å². The standard InChI is InChI=1S/C23H23Cl2N3O6/c1-4-31-22(29)20-21(23(30)32-5-2)28(27-26-20)13-34-19-9-7-17(25)11-15(19)12-33-18-8-6-16(24)10-14(18)3/h6-11H,4-5,12-13H2,1-3H3. The predicted molar refractivity (Wildman–Crippen MR) is 125 cm³/mol. The molecule has 180 valence electrons. The van der Waals surface area contributed by atoms with Gasteiger partial charge in [-0.05, 0) is 62.7 Å². The normalized spacial score (nSPS) is 10.6. The van der Waals surface area contributed by atoms with Gasteiger partial charge in [0.05, 0.1) is 13.2 Å². The SMILES string of the molecule is CCOC(=O)c1nnn(COc2ccc(Cl)cc2COc2ccc(Cl)cc2C)c1C(=O)OCC. The lowest BCUT2D eigenvalue weighted by Gasteiger charge is -2.15. The molecule has 0 fully saturated rings. The molecule has 1 heterocycles. The van der Waals surface area contributed by atoms with Crippen LogP contribution in [0, 0.1) is 6.92 Å². The van der Waals surface area contributed by atoms with Crippen molar-refractivity contribution >= 4 is 35.1 Å². The molecule has 0 saturated carbocycles. The first kappa shape index (κ1) is 25.3. The van der Waals surface area contributed by atoms with Crippen molar-refractivity contribution in [3.63, 3.8) is 0 Å². The molecule has 9 nitrogen and oxygen atoms in total. The van der Waals surface area contributed by atoms with Gasteiger partial charge in [0, 0.05) is 15.6 Å². The minimum Gasteiger partial charge on any atom is -0.488 e. The Morgan fingerprint density at radius 3 is 2.24 bits per heavy atom. The fourth-order valence-corrected chi connectivity index (χ4v) is 3.43. The van der Waals surface area contributed by atoms with E-state index in [1.165, 1.54) is 0 Å². The maximum Gasteiger partial charge on any atom is 0.361 e. The number of halogens is 2. The molecule has 2 aromatic carbocycles. The van der Waals surface area contributed by atoms with Gasteiger partial charge < -0.3 is 18.9 Å². The molecule has 11 heteroatoms. The van der Waals surface area contributed by atoms with E-state index in [1.54, 1.807) is 50.2 Å². The fourth-order valence-electron chi connectivity index (χ4n) is 3.00. The summed E-state index contributed by atoms with van der Waals surface area (Å²) < 4.78 is 22.9. The third-order valence-electron chi connectivity index (χ3n) is 4.56. The Labute approximate surface area is 206 Å². The lowest BCUT2D eigenvalue weighted by atomic mass is 10.2. The summed E-state index contributed by atoms with van der Waals surface area (Å²) in [4.78, 5) is 24.7. The molecule has 0 N–H and O–H groups in total. The van der Waals surface area contributed by atoms with Gasteiger partial charge in [-0.2, -0.15) is 0 Å². The number of aromatic nitrogens is 3. The smallest absolute Gasteiger partial charge is 0.361 e. The summed E-state index contributed by atoms with van der Waals surface area (Å²) in [5.74, 6) is -0.443. The van der Waals surface area contributed by atoms with Crippen LogP contribution in [-0.2, 0) is 22.8 Å². The Balaban J connectivity index is 1.81. The minimum absolute atomic E-state index is 0.107. The summed E-state index contributed by atoms with van der Waals surface area (Å²) >= 11 is 12.2. The van der Waals surface area contributed by atoms with Crippen molar-refractivity contribution in [3.8, 4) is 11.5 Å². The van der Waals surface area contributed by atoms with E-state index < -0.39 is 11.9 Å². The monoisotopic (exact) mass is 507 g/mol. The first-order chi connectivity index (χ1) is 16.3. The van der Waals surface area contributed by atoms with Gasteiger partial charge in [0.15, 0.2) is 12.4 Å². The number of carbonyl (C=O) groups excluding carboxylic acids is 2. The lowest BCUT2D eigenvalue weighted by molar-refractivity contribution is 0.0461. The second-order valence-corrected chi connectivity index (χ2v) is 7.82. The molecular formula is C23H23Cl2N3O6. The maximum atomic E-state index is 12.5. The van der Waals surface area contributed by atoms with Gasteiger partial charge in [0.1, 0.15) is 18.1 Å². The Kier molecular flexibility index (Phi) is 8.72. The first-order valence-corrected chi connectivity index (χ1v) is 11.2. The van der Waals surface area contributed by atoms with Crippen molar-refractivity contribution in [1.82, 2.24) is 15.0 Å². The Hall–Kier alpha value is -3.30. The van der Waals surface area contributed by atoms with Gasteiger partial charge in [0.25, 0.3) is 0 Å². The minimum atomic E-state index is -0.782. The highest BCUT2D eigenvalue weighted by molar-refractivity contribution is 6.31. The van der Waals surface area contributed by atoms with E-state index in [0.29, 0.717) is 27.1 Å². The van der Waals surface area contributed by atoms with Crippen LogP contribution in [-0.4, -0.2) is 40.1 Å². The number of aryl methyl sites for hydroxylation is 1. The van der Waals surface area contributed by atoms with Crippen LogP contribution in [0.4, 0.5) is 0 Å². The number of carbonyl (C=O) groups is 2. The molecule has 0 spiro atoms. The molecule has 0 aliphatic rings. The molecule has 0 unspecified atom stereocenters. The van der Waals surface area contributed by atoms with E-state index in [2.05, 4.69) is 10.3 Å². The molecule has 0 aliphatic heterocycles. The fraction of sp³-hybridized carbons (Fsp3) is 0.304. The average Bonchev–Trinajstić information content (AvgIpc) is 3.22. The van der Waals surface area contributed by atoms with Gasteiger partial charge in [-0.25, -0.2) is 14.3 Å². The highest BCUT2D eigenvalue weighted by Gasteiger charge is 2.28. The van der Waals surface area contributed by atoms with E-state index >= 15 is 0 Å². The van der Waals surface area contributed by atoms with Gasteiger partial charge in [-0.1, -0.05) is 28.4 Å². The Morgan fingerprint density at radius 2 is 1.56 bits per heavy atom. The summed E-state index contributed by atoms with van der Waals surface area (Å²) in [5.41, 5.74) is 1.13. The van der Waals surface area contributed by atoms with Crippen LogP contribution >= 0.6 is 23.2 Å². The molecule has 3 rings (SSSR count). The van der Waals surface area contributed by atoms with Crippen molar-refractivity contribution < 1.29 is 28.5 Å². The zero-order valence-electron chi connectivity index (χ0n) is 18.8. The van der Waals surface area contributed by atoms with Gasteiger partial charge >= 0.3 is 11.9 Å². The molecule has 1 aromatic heterocycles. The number of ether oxygens (including phenoxy) is 4. The summed E-state index contributed by atoms with van der Waals surface area (Å²) in [6.07, 6.45) is 0. The largest absolute Gasteiger partial charge is 0.488 e. The molecule has 0 aliphatic carbocycles. The van der Waals surface area contributed by atoms with E-state index in [0.717, 1.165) is 10.2 Å². The number of esters is 2. The molecule has 0 atom stereocenters. The summed E-state index contributed by atoms with van der Waals surface area (Å²) in [6, 6.07) is 10.4. The van der Waals surface area contributed by atoms with Crippen molar-refractivity contribution in [2.24, 2.45) is 0 Å². The van der Waals surface area contributed by atoms with Crippen molar-refractivity contribution in [2.75, 3.05) is 13.2 Å². The quantitative estimate of drug-likeness (QED) is 0.358. The lowest BCUT2D eigenvalue weighted by Crippen LogP contribution is -2.20. The molecule has 34 heavy (non-hydrogen) atoms. The van der Waals surface area contributed by atoms with Gasteiger partial charge in [-0.3, -0.25) is 0 Å². The zero-order valence-corrected chi connectivity index (χ0v) is 20.4. The average molecular weight is 508 g/mol. The van der Waals surface area contributed by atoms with Crippen molar-refractivity contribution in [1.29, 1.82) is 0 Å². The van der Waals surface area contributed by atoms with Crippen LogP contribution in [0.5, 0.6) is 11.5 Å². The third-order valence-corrected chi connectivity index (χ3v) is 5.03. The zero-order chi connectivity index (χ0) is 24.7. The number of hydrogen-bond acceptors (Lipinski definition) is 8. The highest BCUT2D eigenvalue weighted by atomic mass is 35.5. The van der Waals surface area contributed by atoms with Crippen LogP contribution in [0.2, 0.25) is 10.0 Å². The summed E-state index contributed by atoms with van der Waals surface area (Å²) in [5, 5.41) is 8.76. The van der Waals surface area contributed by atoms with E-state index in [-0.39, 0.29) is 37.9 Å². The Morgan fingerprint density at radius 1 is 0.912 bits per heavy atom. The van der Waals surface area contributed by atoms with Crippen molar-refractivity contribution in [3.05, 3.63) is 69.0 Å². The number of hydrogen-bond donors (Lipinski definition) is 0. The topological polar surface area (TPSA) is 102 Å². The van der Waals surface area contributed by atoms with Crippen LogP contribution in [0.15, 0.2) is 36.4 Å². The molecule has 0 bridgehead atoms. The molecule has 3 aromatic rings. The molecule has 0 saturated heterocycles. The summed E-state index contributed by atoms with van der Waals surface area (Å²) in [6.45, 7) is 5.34. The van der Waals surface area contributed by atoms with Crippen LogP contribution in [0.3, 0.4) is 0 Å². The van der Waals surface area contributed by atoms with Crippen LogP contribution < -0.4 is 9.47 Å². The first-order valence-electron chi connectivity index (χ1n) is 10.4. The third kappa shape index (κ3) is 6.18. The van der Waals surface area contributed by atoms with Crippen LogP contribution in [0.25, 0.3) is 0 Å². The molecular weight excluding hydrogens is 485 g/mol. The second kappa shape index (κ2) is 11.7.